The molecule has 1 atom stereocenters. The summed E-state index contributed by atoms with van der Waals surface area (Å²) in [4.78, 5) is 4.76. The lowest BCUT2D eigenvalue weighted by Crippen LogP contribution is -2.08. The van der Waals surface area contributed by atoms with Gasteiger partial charge in [0.15, 0.2) is 5.82 Å². The number of nitrogens with zero attached hydrogens (tertiary/aromatic N) is 4. The second-order valence-electron chi connectivity index (χ2n) is 6.21. The molecule has 5 heteroatoms. The van der Waals surface area contributed by atoms with Crippen molar-refractivity contribution in [1.82, 2.24) is 15.2 Å². The fraction of sp³-hybridized carbons (Fsp3) is 0.0435. The Morgan fingerprint density at radius 3 is 2.04 bits per heavy atom. The molecule has 0 saturated heterocycles. The number of hydrogen-bond acceptors (Lipinski definition) is 4. The fourth-order valence-corrected chi connectivity index (χ4v) is 3.13. The second-order valence-corrected chi connectivity index (χ2v) is 6.65. The van der Waals surface area contributed by atoms with Crippen LogP contribution in [0.25, 0.3) is 22.6 Å². The Bertz CT molecular complexity index is 1120. The molecule has 0 spiro atoms. The predicted octanol–water partition coefficient (Wildman–Crippen LogP) is 5.51. The normalized spacial score (nSPS) is 11.6. The smallest absolute Gasteiger partial charge is 0.182 e. The molecule has 134 valence electrons. The molecule has 0 saturated carbocycles. The van der Waals surface area contributed by atoms with Crippen LogP contribution in [-0.4, -0.2) is 15.2 Å². The minimum Gasteiger partial charge on any atom is -0.227 e. The molecule has 0 radical (unpaired) electrons. The van der Waals surface area contributed by atoms with Crippen LogP contribution in [-0.2, 0) is 0 Å². The summed E-state index contributed by atoms with van der Waals surface area (Å²) >= 11 is 6.03. The first-order valence-electron chi connectivity index (χ1n) is 8.77. The van der Waals surface area contributed by atoms with E-state index >= 15 is 0 Å². The Balaban J connectivity index is 1.91. The van der Waals surface area contributed by atoms with Crippen molar-refractivity contribution in [3.63, 3.8) is 0 Å². The van der Waals surface area contributed by atoms with Gasteiger partial charge in [0.2, 0.25) is 0 Å². The van der Waals surface area contributed by atoms with Crippen molar-refractivity contribution in [2.45, 2.75) is 5.92 Å². The van der Waals surface area contributed by atoms with E-state index in [0.29, 0.717) is 22.2 Å². The van der Waals surface area contributed by atoms with Gasteiger partial charge in [0, 0.05) is 16.1 Å². The molecule has 0 amide bonds. The van der Waals surface area contributed by atoms with Crippen molar-refractivity contribution in [1.29, 1.82) is 5.26 Å². The molecule has 1 heterocycles. The summed E-state index contributed by atoms with van der Waals surface area (Å²) < 4.78 is 0. The molecule has 1 aromatic heterocycles. The molecule has 0 aliphatic carbocycles. The molecular formula is C23H15ClN4. The van der Waals surface area contributed by atoms with Gasteiger partial charge in [-0.15, -0.1) is 10.2 Å². The summed E-state index contributed by atoms with van der Waals surface area (Å²) in [5.74, 6) is -0.0747. The zero-order chi connectivity index (χ0) is 19.3. The van der Waals surface area contributed by atoms with Gasteiger partial charge in [0.25, 0.3) is 0 Å². The third kappa shape index (κ3) is 3.62. The van der Waals surface area contributed by atoms with E-state index in [2.05, 4.69) is 16.3 Å². The van der Waals surface area contributed by atoms with Crippen molar-refractivity contribution in [3.05, 3.63) is 101 Å². The van der Waals surface area contributed by atoms with Crippen LogP contribution in [0.1, 0.15) is 17.2 Å². The van der Waals surface area contributed by atoms with E-state index in [1.807, 2.05) is 72.8 Å². The number of hydrogen-bond donors (Lipinski definition) is 0. The quantitative estimate of drug-likeness (QED) is 0.466. The van der Waals surface area contributed by atoms with Crippen molar-refractivity contribution in [2.24, 2.45) is 0 Å². The zero-order valence-electron chi connectivity index (χ0n) is 14.8. The van der Waals surface area contributed by atoms with Crippen molar-refractivity contribution in [3.8, 4) is 28.7 Å². The lowest BCUT2D eigenvalue weighted by Gasteiger charge is -2.14. The van der Waals surface area contributed by atoms with Gasteiger partial charge in [-0.2, -0.15) is 5.26 Å². The van der Waals surface area contributed by atoms with Crippen LogP contribution in [0.15, 0.2) is 84.9 Å². The van der Waals surface area contributed by atoms with Crippen LogP contribution in [0, 0.1) is 11.3 Å². The maximum absolute atomic E-state index is 9.95. The van der Waals surface area contributed by atoms with Gasteiger partial charge in [-0.1, -0.05) is 84.4 Å². The number of aromatic nitrogens is 3. The Kier molecular flexibility index (Phi) is 5.09. The standard InChI is InChI=1S/C23H15ClN4/c24-19-13-11-17(12-14-19)21-22(20(15-25)16-7-3-1-4-8-16)26-23(28-27-21)18-9-5-2-6-10-18/h1-14,20H. The van der Waals surface area contributed by atoms with E-state index in [1.54, 1.807) is 12.1 Å². The first-order valence-corrected chi connectivity index (χ1v) is 9.14. The molecule has 0 aliphatic heterocycles. The molecule has 0 bridgehead atoms. The van der Waals surface area contributed by atoms with Gasteiger partial charge in [0.05, 0.1) is 11.8 Å². The molecule has 3 aromatic carbocycles. The third-order valence-electron chi connectivity index (χ3n) is 4.40. The highest BCUT2D eigenvalue weighted by molar-refractivity contribution is 6.30. The van der Waals surface area contributed by atoms with E-state index in [9.17, 15) is 5.26 Å². The van der Waals surface area contributed by atoms with E-state index < -0.39 is 5.92 Å². The molecule has 0 aliphatic rings. The third-order valence-corrected chi connectivity index (χ3v) is 4.65. The van der Waals surface area contributed by atoms with Crippen LogP contribution in [0.4, 0.5) is 0 Å². The van der Waals surface area contributed by atoms with Crippen LogP contribution in [0.2, 0.25) is 5.02 Å². The maximum Gasteiger partial charge on any atom is 0.182 e. The van der Waals surface area contributed by atoms with Crippen molar-refractivity contribution >= 4 is 11.6 Å². The molecule has 0 fully saturated rings. The zero-order valence-corrected chi connectivity index (χ0v) is 15.6. The molecule has 1 unspecified atom stereocenters. The van der Waals surface area contributed by atoms with Gasteiger partial charge in [-0.3, -0.25) is 0 Å². The summed E-state index contributed by atoms with van der Waals surface area (Å²) in [5, 5.41) is 19.3. The van der Waals surface area contributed by atoms with Crippen LogP contribution < -0.4 is 0 Å². The van der Waals surface area contributed by atoms with Crippen LogP contribution in [0.5, 0.6) is 0 Å². The van der Waals surface area contributed by atoms with E-state index in [4.69, 9.17) is 16.6 Å². The Hall–Kier alpha value is -3.55. The first-order chi connectivity index (χ1) is 13.8. The van der Waals surface area contributed by atoms with E-state index in [-0.39, 0.29) is 0 Å². The monoisotopic (exact) mass is 382 g/mol. The molecule has 4 nitrogen and oxygen atoms in total. The highest BCUT2D eigenvalue weighted by Crippen LogP contribution is 2.31. The largest absolute Gasteiger partial charge is 0.227 e. The lowest BCUT2D eigenvalue weighted by molar-refractivity contribution is 0.889. The summed E-state index contributed by atoms with van der Waals surface area (Å²) in [6, 6.07) is 28.9. The van der Waals surface area contributed by atoms with E-state index in [0.717, 1.165) is 16.7 Å². The van der Waals surface area contributed by atoms with Gasteiger partial charge in [-0.25, -0.2) is 4.98 Å². The highest BCUT2D eigenvalue weighted by atomic mass is 35.5. The van der Waals surface area contributed by atoms with Gasteiger partial charge < -0.3 is 0 Å². The second kappa shape index (κ2) is 7.99. The molecular weight excluding hydrogens is 368 g/mol. The summed E-state index contributed by atoms with van der Waals surface area (Å²) in [6.07, 6.45) is 0. The van der Waals surface area contributed by atoms with E-state index in [1.165, 1.54) is 0 Å². The molecule has 0 N–H and O–H groups in total. The average molecular weight is 383 g/mol. The number of benzene rings is 3. The maximum atomic E-state index is 9.95. The van der Waals surface area contributed by atoms with Crippen LogP contribution >= 0.6 is 11.6 Å². The van der Waals surface area contributed by atoms with Crippen molar-refractivity contribution in [2.75, 3.05) is 0 Å². The number of rotatable bonds is 4. The van der Waals surface area contributed by atoms with Gasteiger partial charge in [-0.05, 0) is 17.7 Å². The summed E-state index contributed by atoms with van der Waals surface area (Å²) in [5.41, 5.74) is 3.68. The number of nitriles is 1. The molecule has 4 rings (SSSR count). The summed E-state index contributed by atoms with van der Waals surface area (Å²) in [7, 11) is 0. The number of halogens is 1. The Morgan fingerprint density at radius 2 is 1.39 bits per heavy atom. The van der Waals surface area contributed by atoms with Crippen LogP contribution in [0.3, 0.4) is 0 Å². The van der Waals surface area contributed by atoms with Crippen molar-refractivity contribution < 1.29 is 0 Å². The van der Waals surface area contributed by atoms with Gasteiger partial charge in [0.1, 0.15) is 11.6 Å². The SMILES string of the molecule is N#CC(c1ccccc1)c1nc(-c2ccccc2)nnc1-c1ccc(Cl)cc1. The lowest BCUT2D eigenvalue weighted by atomic mass is 9.93. The minimum absolute atomic E-state index is 0.490. The molecule has 28 heavy (non-hydrogen) atoms. The highest BCUT2D eigenvalue weighted by Gasteiger charge is 2.22. The van der Waals surface area contributed by atoms with Gasteiger partial charge >= 0.3 is 0 Å². The first kappa shape index (κ1) is 17.8. The Labute approximate surface area is 168 Å². The predicted molar refractivity (Wildman–Crippen MR) is 110 cm³/mol. The topological polar surface area (TPSA) is 62.5 Å². The fourth-order valence-electron chi connectivity index (χ4n) is 3.00. The molecule has 4 aromatic rings. The Morgan fingerprint density at radius 1 is 0.750 bits per heavy atom. The average Bonchev–Trinajstić information content (AvgIpc) is 2.76. The summed E-state index contributed by atoms with van der Waals surface area (Å²) in [6.45, 7) is 0. The minimum atomic E-state index is -0.565.